The Morgan fingerprint density at radius 3 is 2.81 bits per heavy atom. The van der Waals surface area contributed by atoms with Crippen molar-refractivity contribution in [2.75, 3.05) is 0 Å². The summed E-state index contributed by atoms with van der Waals surface area (Å²) in [5.41, 5.74) is 6.44. The molecule has 1 N–H and O–H groups in total. The summed E-state index contributed by atoms with van der Waals surface area (Å²) in [5, 5.41) is 9.83. The van der Waals surface area contributed by atoms with Crippen LogP contribution < -0.4 is 0 Å². The maximum Gasteiger partial charge on any atom is 0.166 e. The van der Waals surface area contributed by atoms with Gasteiger partial charge >= 0.3 is 0 Å². The first-order valence-electron chi connectivity index (χ1n) is 6.74. The van der Waals surface area contributed by atoms with Crippen LogP contribution in [0.15, 0.2) is 41.6 Å². The Kier molecular flexibility index (Phi) is 3.68. The van der Waals surface area contributed by atoms with Gasteiger partial charge in [0.05, 0.1) is 22.7 Å². The van der Waals surface area contributed by atoms with E-state index in [-0.39, 0.29) is 0 Å². The van der Waals surface area contributed by atoms with Gasteiger partial charge in [0, 0.05) is 5.75 Å². The van der Waals surface area contributed by atoms with E-state index in [0.717, 1.165) is 27.5 Å². The molecule has 0 spiro atoms. The van der Waals surface area contributed by atoms with Crippen molar-refractivity contribution in [3.8, 4) is 6.07 Å². The van der Waals surface area contributed by atoms with Crippen molar-refractivity contribution >= 4 is 22.8 Å². The number of nitriles is 1. The summed E-state index contributed by atoms with van der Waals surface area (Å²) in [5.74, 6) is 0.799. The molecule has 104 valence electrons. The van der Waals surface area contributed by atoms with Crippen molar-refractivity contribution in [1.29, 1.82) is 5.26 Å². The van der Waals surface area contributed by atoms with E-state index in [1.807, 2.05) is 24.3 Å². The molecule has 0 atom stereocenters. The summed E-state index contributed by atoms with van der Waals surface area (Å²) in [6.45, 7) is 4.21. The Balaban J connectivity index is 1.80. The van der Waals surface area contributed by atoms with Crippen LogP contribution in [0.25, 0.3) is 11.0 Å². The Hall–Kier alpha value is -2.25. The van der Waals surface area contributed by atoms with Crippen molar-refractivity contribution in [1.82, 2.24) is 9.97 Å². The van der Waals surface area contributed by atoms with E-state index >= 15 is 0 Å². The minimum atomic E-state index is 0.698. The fourth-order valence-electron chi connectivity index (χ4n) is 2.20. The average molecular weight is 293 g/mol. The summed E-state index contributed by atoms with van der Waals surface area (Å²) >= 11 is 1.65. The maximum atomic E-state index is 8.92. The van der Waals surface area contributed by atoms with E-state index in [2.05, 4.69) is 42.0 Å². The number of H-pyrrole nitrogens is 1. The summed E-state index contributed by atoms with van der Waals surface area (Å²) in [6.07, 6.45) is 0. The molecular weight excluding hydrogens is 278 g/mol. The van der Waals surface area contributed by atoms with Crippen molar-refractivity contribution in [2.24, 2.45) is 0 Å². The van der Waals surface area contributed by atoms with Crippen molar-refractivity contribution in [2.45, 2.75) is 24.8 Å². The van der Waals surface area contributed by atoms with Gasteiger partial charge in [-0.2, -0.15) is 5.26 Å². The molecule has 4 heteroatoms. The first-order chi connectivity index (χ1) is 10.2. The third-order valence-corrected chi connectivity index (χ3v) is 4.45. The number of fused-ring (bicyclic) bond motifs is 1. The molecule has 3 aromatic rings. The second-order valence-electron chi connectivity index (χ2n) is 5.10. The van der Waals surface area contributed by atoms with Crippen molar-refractivity contribution in [3.05, 3.63) is 58.7 Å². The minimum absolute atomic E-state index is 0.698. The molecule has 2 aromatic carbocycles. The van der Waals surface area contributed by atoms with Gasteiger partial charge < -0.3 is 4.98 Å². The fourth-order valence-corrected chi connectivity index (χ4v) is 3.02. The lowest BCUT2D eigenvalue weighted by Gasteiger charge is -1.99. The first-order valence-corrected chi connectivity index (χ1v) is 7.73. The van der Waals surface area contributed by atoms with Crippen LogP contribution in [-0.2, 0) is 5.75 Å². The first kappa shape index (κ1) is 13.7. The molecule has 0 unspecified atom stereocenters. The van der Waals surface area contributed by atoms with Gasteiger partial charge in [0.1, 0.15) is 0 Å². The number of hydrogen-bond acceptors (Lipinski definition) is 3. The highest BCUT2D eigenvalue weighted by Crippen LogP contribution is 2.25. The van der Waals surface area contributed by atoms with Gasteiger partial charge in [-0.15, -0.1) is 0 Å². The lowest BCUT2D eigenvalue weighted by Crippen LogP contribution is -1.83. The predicted molar refractivity (Wildman–Crippen MR) is 86.3 cm³/mol. The number of aromatic amines is 1. The average Bonchev–Trinajstić information content (AvgIpc) is 2.87. The van der Waals surface area contributed by atoms with Gasteiger partial charge in [-0.05, 0) is 54.8 Å². The SMILES string of the molecule is Cc1cc2nc(SCc3cccc(C#N)c3)[nH]c2cc1C. The Morgan fingerprint density at radius 2 is 2.00 bits per heavy atom. The van der Waals surface area contributed by atoms with Crippen LogP contribution in [0, 0.1) is 25.2 Å². The third-order valence-electron chi connectivity index (χ3n) is 3.51. The molecule has 0 radical (unpaired) electrons. The van der Waals surface area contributed by atoms with Crippen molar-refractivity contribution < 1.29 is 0 Å². The highest BCUT2D eigenvalue weighted by Gasteiger charge is 2.06. The van der Waals surface area contributed by atoms with Crippen LogP contribution in [0.4, 0.5) is 0 Å². The number of thioether (sulfide) groups is 1. The monoisotopic (exact) mass is 293 g/mol. The standard InChI is InChI=1S/C17H15N3S/c1-11-6-15-16(7-12(11)2)20-17(19-15)21-10-14-5-3-4-13(8-14)9-18/h3-8H,10H2,1-2H3,(H,19,20). The van der Waals surface area contributed by atoms with Crippen molar-refractivity contribution in [3.63, 3.8) is 0 Å². The molecule has 0 saturated carbocycles. The number of aryl methyl sites for hydroxylation is 2. The quantitative estimate of drug-likeness (QED) is 0.731. The zero-order chi connectivity index (χ0) is 14.8. The highest BCUT2D eigenvalue weighted by molar-refractivity contribution is 7.98. The molecule has 0 aliphatic carbocycles. The smallest absolute Gasteiger partial charge is 0.166 e. The fraction of sp³-hybridized carbons (Fsp3) is 0.176. The van der Waals surface area contributed by atoms with E-state index in [4.69, 9.17) is 5.26 Å². The molecule has 21 heavy (non-hydrogen) atoms. The molecule has 3 nitrogen and oxygen atoms in total. The minimum Gasteiger partial charge on any atom is -0.333 e. The van der Waals surface area contributed by atoms with Gasteiger partial charge in [0.15, 0.2) is 5.16 Å². The molecule has 0 amide bonds. The highest BCUT2D eigenvalue weighted by atomic mass is 32.2. The molecular formula is C17H15N3S. The van der Waals surface area contributed by atoms with E-state index in [0.29, 0.717) is 5.56 Å². The summed E-state index contributed by atoms with van der Waals surface area (Å²) in [7, 11) is 0. The molecule has 0 aliphatic rings. The van der Waals surface area contributed by atoms with Gasteiger partial charge in [0.2, 0.25) is 0 Å². The lowest BCUT2D eigenvalue weighted by molar-refractivity contribution is 1.08. The van der Waals surface area contributed by atoms with E-state index in [1.165, 1.54) is 11.1 Å². The molecule has 0 bridgehead atoms. The Bertz CT molecular complexity index is 804. The Morgan fingerprint density at radius 1 is 1.19 bits per heavy atom. The van der Waals surface area contributed by atoms with Gasteiger partial charge in [0.25, 0.3) is 0 Å². The van der Waals surface area contributed by atoms with Crippen LogP contribution in [0.1, 0.15) is 22.3 Å². The lowest BCUT2D eigenvalue weighted by atomic mass is 10.1. The molecule has 0 fully saturated rings. The summed E-state index contributed by atoms with van der Waals surface area (Å²) in [4.78, 5) is 7.96. The van der Waals surface area contributed by atoms with Crippen LogP contribution >= 0.6 is 11.8 Å². The van der Waals surface area contributed by atoms with Crippen LogP contribution in [0.5, 0.6) is 0 Å². The summed E-state index contributed by atoms with van der Waals surface area (Å²) in [6, 6.07) is 14.1. The number of imidazole rings is 1. The maximum absolute atomic E-state index is 8.92. The summed E-state index contributed by atoms with van der Waals surface area (Å²) < 4.78 is 0. The number of rotatable bonds is 3. The van der Waals surface area contributed by atoms with Gasteiger partial charge in [-0.1, -0.05) is 23.9 Å². The normalized spacial score (nSPS) is 10.7. The third kappa shape index (κ3) is 2.93. The number of benzene rings is 2. The number of nitrogens with zero attached hydrogens (tertiary/aromatic N) is 2. The van der Waals surface area contributed by atoms with Gasteiger partial charge in [-0.3, -0.25) is 0 Å². The molecule has 0 saturated heterocycles. The topological polar surface area (TPSA) is 52.5 Å². The number of hydrogen-bond donors (Lipinski definition) is 1. The van der Waals surface area contributed by atoms with Crippen LogP contribution in [-0.4, -0.2) is 9.97 Å². The Labute approximate surface area is 128 Å². The zero-order valence-corrected chi connectivity index (χ0v) is 12.8. The molecule has 0 aliphatic heterocycles. The molecule has 1 heterocycles. The van der Waals surface area contributed by atoms with Crippen LogP contribution in [0.2, 0.25) is 0 Å². The molecule has 1 aromatic heterocycles. The predicted octanol–water partition coefficient (Wildman–Crippen LogP) is 4.34. The number of nitrogens with one attached hydrogen (secondary N) is 1. The van der Waals surface area contributed by atoms with E-state index < -0.39 is 0 Å². The zero-order valence-electron chi connectivity index (χ0n) is 12.0. The van der Waals surface area contributed by atoms with E-state index in [9.17, 15) is 0 Å². The number of aromatic nitrogens is 2. The van der Waals surface area contributed by atoms with E-state index in [1.54, 1.807) is 11.8 Å². The molecule has 3 rings (SSSR count). The largest absolute Gasteiger partial charge is 0.333 e. The van der Waals surface area contributed by atoms with Crippen LogP contribution in [0.3, 0.4) is 0 Å². The second kappa shape index (κ2) is 5.63. The second-order valence-corrected chi connectivity index (χ2v) is 6.06. The van der Waals surface area contributed by atoms with Gasteiger partial charge in [-0.25, -0.2) is 4.98 Å².